The van der Waals surface area contributed by atoms with Crippen molar-refractivity contribution < 1.29 is 37.0 Å². The van der Waals surface area contributed by atoms with E-state index in [1.165, 1.54) is 12.1 Å². The fourth-order valence-electron chi connectivity index (χ4n) is 3.61. The molecule has 1 atom stereocenters. The van der Waals surface area contributed by atoms with Crippen LogP contribution in [-0.4, -0.2) is 53.0 Å². The molecule has 1 fully saturated rings. The minimum atomic E-state index is -5.08. The monoisotopic (exact) mass is 548 g/mol. The molecule has 39 heavy (non-hydrogen) atoms. The molecule has 2 aromatic carbocycles. The molecule has 0 amide bonds. The van der Waals surface area contributed by atoms with Crippen molar-refractivity contribution in [2.24, 2.45) is 5.92 Å². The number of nitrogens with zero attached hydrogens (tertiary/aromatic N) is 3. The molecule has 208 valence electrons. The number of carbonyl (C=O) groups is 2. The molecule has 8 nitrogen and oxygen atoms in total. The number of hydrogen-bond donors (Lipinski definition) is 2. The Bertz CT molecular complexity index is 1310. The van der Waals surface area contributed by atoms with E-state index in [1.54, 1.807) is 17.9 Å². The number of carbonyl (C=O) groups excluding carboxylic acids is 1. The van der Waals surface area contributed by atoms with E-state index in [-0.39, 0.29) is 5.56 Å². The Morgan fingerprint density at radius 2 is 1.85 bits per heavy atom. The number of nitriles is 1. The molecule has 12 heteroatoms. The van der Waals surface area contributed by atoms with E-state index in [9.17, 15) is 22.4 Å². The highest BCUT2D eigenvalue weighted by Crippen LogP contribution is 2.26. The number of alkyl halides is 3. The highest BCUT2D eigenvalue weighted by Gasteiger charge is 2.38. The summed E-state index contributed by atoms with van der Waals surface area (Å²) >= 11 is 0. The maximum atomic E-state index is 13.9. The second-order valence-electron chi connectivity index (χ2n) is 8.40. The van der Waals surface area contributed by atoms with Gasteiger partial charge in [-0.05, 0) is 62.4 Å². The first-order valence-electron chi connectivity index (χ1n) is 11.9. The van der Waals surface area contributed by atoms with Crippen LogP contribution in [0.15, 0.2) is 48.5 Å². The molecule has 0 radical (unpaired) electrons. The number of benzene rings is 2. The first-order chi connectivity index (χ1) is 18.4. The van der Waals surface area contributed by atoms with Crippen LogP contribution in [0.4, 0.5) is 17.6 Å². The number of aryl methyl sites for hydroxylation is 1. The lowest BCUT2D eigenvalue weighted by atomic mass is 10.0. The number of aliphatic carboxylic acids is 1. The molecule has 1 aromatic heterocycles. The molecule has 0 spiro atoms. The normalized spacial score (nSPS) is 14.3. The Morgan fingerprint density at radius 1 is 1.21 bits per heavy atom. The second-order valence-corrected chi connectivity index (χ2v) is 8.40. The zero-order valence-electron chi connectivity index (χ0n) is 21.6. The standard InChI is InChI=1S/C18H14FN3O.C7H13NO.C2HF3O2/c1-12-9-18(13-3-4-14(11-20)17(19)10-13)22(21-12)15-5-7-16(23-2)8-6-15;1-2-7(9)6-3-4-8-5-6;3-2(4,5)1(6)7/h3-10H,1-2H3;6,8H,2-5H2,1H3;(H,6,7). The average molecular weight is 549 g/mol. The van der Waals surface area contributed by atoms with Crippen molar-refractivity contribution in [1.82, 2.24) is 15.1 Å². The van der Waals surface area contributed by atoms with Gasteiger partial charge in [-0.2, -0.15) is 23.5 Å². The lowest BCUT2D eigenvalue weighted by Gasteiger charge is -2.09. The van der Waals surface area contributed by atoms with Crippen LogP contribution in [0.3, 0.4) is 0 Å². The number of ether oxygens (including phenoxy) is 1. The number of methoxy groups -OCH3 is 1. The SMILES string of the molecule is CCC(=O)C1CCNC1.COc1ccc(-n2nc(C)cc2-c2ccc(C#N)c(F)c2)cc1.O=C(O)C(F)(F)F. The van der Waals surface area contributed by atoms with Crippen molar-refractivity contribution in [3.05, 3.63) is 65.6 Å². The molecule has 1 aliphatic heterocycles. The number of carboxylic acid groups (broad SMARTS) is 1. The van der Waals surface area contributed by atoms with Crippen molar-refractivity contribution >= 4 is 11.8 Å². The van der Waals surface area contributed by atoms with E-state index in [2.05, 4.69) is 10.4 Å². The topological polar surface area (TPSA) is 117 Å². The summed E-state index contributed by atoms with van der Waals surface area (Å²) in [5.74, 6) is -1.80. The first kappa shape index (κ1) is 31.0. The smallest absolute Gasteiger partial charge is 0.490 e. The van der Waals surface area contributed by atoms with E-state index in [0.717, 1.165) is 42.3 Å². The maximum absolute atomic E-state index is 13.9. The van der Waals surface area contributed by atoms with Gasteiger partial charge in [-0.1, -0.05) is 13.0 Å². The van der Waals surface area contributed by atoms with Crippen LogP contribution in [0.1, 0.15) is 31.0 Å². The fraction of sp³-hybridized carbons (Fsp3) is 0.333. The van der Waals surface area contributed by atoms with E-state index in [0.29, 0.717) is 23.7 Å². The summed E-state index contributed by atoms with van der Waals surface area (Å²) in [4.78, 5) is 19.9. The summed E-state index contributed by atoms with van der Waals surface area (Å²) in [6.45, 7) is 5.74. The number of ketones is 1. The summed E-state index contributed by atoms with van der Waals surface area (Å²) in [6, 6.07) is 15.7. The van der Waals surface area contributed by atoms with Gasteiger partial charge >= 0.3 is 12.1 Å². The predicted octanol–water partition coefficient (Wildman–Crippen LogP) is 5.08. The minimum absolute atomic E-state index is 0.0287. The molecule has 1 saturated heterocycles. The molecular weight excluding hydrogens is 520 g/mol. The fourth-order valence-corrected chi connectivity index (χ4v) is 3.61. The van der Waals surface area contributed by atoms with Gasteiger partial charge < -0.3 is 15.2 Å². The molecule has 1 unspecified atom stereocenters. The zero-order valence-corrected chi connectivity index (χ0v) is 21.6. The summed E-state index contributed by atoms with van der Waals surface area (Å²) < 4.78 is 52.5. The summed E-state index contributed by atoms with van der Waals surface area (Å²) in [5, 5.41) is 23.6. The van der Waals surface area contributed by atoms with Gasteiger partial charge in [0.2, 0.25) is 0 Å². The molecular formula is C27H28F4N4O4. The number of Topliss-reactive ketones (excluding diaryl/α,β-unsaturated/α-hetero) is 1. The molecule has 4 rings (SSSR count). The molecule has 0 aliphatic carbocycles. The zero-order chi connectivity index (χ0) is 29.2. The van der Waals surface area contributed by atoms with E-state index in [4.69, 9.17) is 19.9 Å². The summed E-state index contributed by atoms with van der Waals surface area (Å²) in [7, 11) is 1.61. The van der Waals surface area contributed by atoms with E-state index in [1.807, 2.05) is 50.2 Å². The maximum Gasteiger partial charge on any atom is 0.490 e. The van der Waals surface area contributed by atoms with Crippen molar-refractivity contribution in [2.45, 2.75) is 32.9 Å². The van der Waals surface area contributed by atoms with Gasteiger partial charge in [0, 0.05) is 24.4 Å². The molecule has 1 aliphatic rings. The van der Waals surface area contributed by atoms with Gasteiger partial charge in [0.1, 0.15) is 23.4 Å². The van der Waals surface area contributed by atoms with Crippen LogP contribution >= 0.6 is 0 Å². The molecule has 2 heterocycles. The van der Waals surface area contributed by atoms with Gasteiger partial charge in [0.05, 0.1) is 29.7 Å². The highest BCUT2D eigenvalue weighted by atomic mass is 19.4. The van der Waals surface area contributed by atoms with Crippen molar-refractivity contribution in [2.75, 3.05) is 20.2 Å². The van der Waals surface area contributed by atoms with Gasteiger partial charge in [0.15, 0.2) is 0 Å². The van der Waals surface area contributed by atoms with Crippen LogP contribution in [0.25, 0.3) is 16.9 Å². The van der Waals surface area contributed by atoms with Crippen molar-refractivity contribution in [3.63, 3.8) is 0 Å². The van der Waals surface area contributed by atoms with Crippen LogP contribution in [-0.2, 0) is 9.59 Å². The van der Waals surface area contributed by atoms with Crippen molar-refractivity contribution in [3.8, 4) is 28.8 Å². The largest absolute Gasteiger partial charge is 0.497 e. The number of nitrogens with one attached hydrogen (secondary N) is 1. The number of hydrogen-bond acceptors (Lipinski definition) is 6. The third kappa shape index (κ3) is 8.93. The van der Waals surface area contributed by atoms with Crippen molar-refractivity contribution in [1.29, 1.82) is 5.26 Å². The first-order valence-corrected chi connectivity index (χ1v) is 11.9. The van der Waals surface area contributed by atoms with Gasteiger partial charge in [-0.25, -0.2) is 13.9 Å². The second kappa shape index (κ2) is 14.1. The number of rotatable bonds is 5. The number of halogens is 4. The average Bonchev–Trinajstić information content (AvgIpc) is 3.59. The summed E-state index contributed by atoms with van der Waals surface area (Å²) in [6.07, 6.45) is -3.33. The predicted molar refractivity (Wildman–Crippen MR) is 135 cm³/mol. The Labute approximate surface area is 222 Å². The molecule has 0 bridgehead atoms. The van der Waals surface area contributed by atoms with E-state index < -0.39 is 18.0 Å². The Morgan fingerprint density at radius 3 is 2.31 bits per heavy atom. The Hall–Kier alpha value is -4.24. The molecule has 3 aromatic rings. The van der Waals surface area contributed by atoms with Crippen LogP contribution in [0.2, 0.25) is 0 Å². The molecule has 2 N–H and O–H groups in total. The van der Waals surface area contributed by atoms with Gasteiger partial charge in [-0.15, -0.1) is 0 Å². The lowest BCUT2D eigenvalue weighted by Crippen LogP contribution is -2.21. The minimum Gasteiger partial charge on any atom is -0.497 e. The number of aromatic nitrogens is 2. The number of carboxylic acids is 1. The van der Waals surface area contributed by atoms with E-state index >= 15 is 0 Å². The summed E-state index contributed by atoms with van der Waals surface area (Å²) in [5.41, 5.74) is 3.12. The third-order valence-electron chi connectivity index (χ3n) is 5.64. The third-order valence-corrected chi connectivity index (χ3v) is 5.64. The Kier molecular flexibility index (Phi) is 11.2. The Balaban J connectivity index is 0.000000273. The quantitative estimate of drug-likeness (QED) is 0.427. The van der Waals surface area contributed by atoms with Gasteiger partial charge in [0.25, 0.3) is 0 Å². The molecule has 0 saturated carbocycles. The van der Waals surface area contributed by atoms with Crippen LogP contribution in [0.5, 0.6) is 5.75 Å². The lowest BCUT2D eigenvalue weighted by molar-refractivity contribution is -0.192. The highest BCUT2D eigenvalue weighted by molar-refractivity contribution is 5.81. The van der Waals surface area contributed by atoms with Crippen LogP contribution < -0.4 is 10.1 Å². The van der Waals surface area contributed by atoms with Gasteiger partial charge in [-0.3, -0.25) is 4.79 Å². The van der Waals surface area contributed by atoms with Crippen LogP contribution in [0, 0.1) is 30.0 Å².